The van der Waals surface area contributed by atoms with Gasteiger partial charge in [0.05, 0.1) is 5.69 Å². The molecule has 0 amide bonds. The van der Waals surface area contributed by atoms with Crippen LogP contribution in [0.5, 0.6) is 0 Å². The van der Waals surface area contributed by atoms with Crippen molar-refractivity contribution in [3.63, 3.8) is 0 Å². The van der Waals surface area contributed by atoms with Gasteiger partial charge in [-0.15, -0.1) is 0 Å². The summed E-state index contributed by atoms with van der Waals surface area (Å²) in [5, 5.41) is 4.19. The number of anilines is 1. The van der Waals surface area contributed by atoms with Gasteiger partial charge in [0.2, 0.25) is 0 Å². The predicted octanol–water partition coefficient (Wildman–Crippen LogP) is 6.05. The van der Waals surface area contributed by atoms with Crippen LogP contribution in [0, 0.1) is 10.8 Å². The lowest BCUT2D eigenvalue weighted by atomic mass is 9.69. The fraction of sp³-hybridized carbons (Fsp3) is 0.700. The Morgan fingerprint density at radius 3 is 2.46 bits per heavy atom. The van der Waals surface area contributed by atoms with Gasteiger partial charge in [-0.05, 0) is 42.9 Å². The second-order valence-corrected chi connectivity index (χ2v) is 9.18. The minimum atomic E-state index is 0.269. The SMILES string of the molecule is CCc1ncnc(NC2CC=C(C(C)(C)CC(C)(C)C)CC2)c1Cl. The highest BCUT2D eigenvalue weighted by Gasteiger charge is 2.31. The summed E-state index contributed by atoms with van der Waals surface area (Å²) in [6.07, 6.45) is 9.37. The van der Waals surface area contributed by atoms with Crippen LogP contribution in [0.3, 0.4) is 0 Å². The third-order valence-corrected chi connectivity index (χ3v) is 5.19. The molecule has 1 aromatic rings. The molecular weight excluding hydrogens is 318 g/mol. The monoisotopic (exact) mass is 349 g/mol. The highest BCUT2D eigenvalue weighted by molar-refractivity contribution is 6.33. The van der Waals surface area contributed by atoms with Gasteiger partial charge in [-0.2, -0.15) is 0 Å². The summed E-state index contributed by atoms with van der Waals surface area (Å²) in [5.74, 6) is 0.777. The van der Waals surface area contributed by atoms with E-state index in [1.54, 1.807) is 11.9 Å². The van der Waals surface area contributed by atoms with Crippen molar-refractivity contribution >= 4 is 17.4 Å². The lowest BCUT2D eigenvalue weighted by molar-refractivity contribution is 0.241. The lowest BCUT2D eigenvalue weighted by Gasteiger charge is -2.37. The molecule has 0 aromatic carbocycles. The summed E-state index contributed by atoms with van der Waals surface area (Å²) in [6, 6.07) is 0.399. The summed E-state index contributed by atoms with van der Waals surface area (Å²) < 4.78 is 0. The summed E-state index contributed by atoms with van der Waals surface area (Å²) in [7, 11) is 0. The van der Waals surface area contributed by atoms with Gasteiger partial charge >= 0.3 is 0 Å². The van der Waals surface area contributed by atoms with Crippen molar-refractivity contribution in [1.82, 2.24) is 9.97 Å². The lowest BCUT2D eigenvalue weighted by Crippen LogP contribution is -2.28. The molecule has 134 valence electrons. The maximum Gasteiger partial charge on any atom is 0.148 e. The Bertz CT molecular complexity index is 599. The summed E-state index contributed by atoms with van der Waals surface area (Å²) >= 11 is 6.40. The van der Waals surface area contributed by atoms with Gasteiger partial charge in [0.25, 0.3) is 0 Å². The van der Waals surface area contributed by atoms with Gasteiger partial charge in [0.15, 0.2) is 0 Å². The second kappa shape index (κ2) is 7.43. The van der Waals surface area contributed by atoms with Gasteiger partial charge in [-0.3, -0.25) is 0 Å². The first-order valence-corrected chi connectivity index (χ1v) is 9.45. The molecule has 0 spiro atoms. The highest BCUT2D eigenvalue weighted by Crippen LogP contribution is 2.42. The average Bonchev–Trinajstić information content (AvgIpc) is 2.47. The zero-order valence-electron chi connectivity index (χ0n) is 16.0. The van der Waals surface area contributed by atoms with Crippen molar-refractivity contribution in [3.8, 4) is 0 Å². The standard InChI is InChI=1S/C20H32ClN3/c1-7-16-17(21)18(23-13-22-16)24-15-10-8-14(9-11-15)20(5,6)12-19(2,3)4/h8,13,15H,7,9-12H2,1-6H3,(H,22,23,24). The van der Waals surface area contributed by atoms with E-state index in [4.69, 9.17) is 11.6 Å². The molecule has 0 fully saturated rings. The number of nitrogens with one attached hydrogen (secondary N) is 1. The van der Waals surface area contributed by atoms with Gasteiger partial charge < -0.3 is 5.32 Å². The van der Waals surface area contributed by atoms with E-state index in [0.717, 1.165) is 37.2 Å². The molecule has 3 nitrogen and oxygen atoms in total. The fourth-order valence-electron chi connectivity index (χ4n) is 3.97. The molecule has 1 atom stereocenters. The molecular formula is C20H32ClN3. The molecule has 4 heteroatoms. The van der Waals surface area contributed by atoms with Gasteiger partial charge in [0, 0.05) is 6.04 Å². The zero-order chi connectivity index (χ0) is 18.0. The molecule has 0 saturated carbocycles. The second-order valence-electron chi connectivity index (χ2n) is 8.80. The van der Waals surface area contributed by atoms with Crippen LogP contribution >= 0.6 is 11.6 Å². The normalized spacial score (nSPS) is 19.1. The van der Waals surface area contributed by atoms with Crippen LogP contribution in [0.1, 0.15) is 72.9 Å². The molecule has 1 heterocycles. The first kappa shape index (κ1) is 19.2. The first-order valence-electron chi connectivity index (χ1n) is 9.08. The average molecular weight is 350 g/mol. The molecule has 0 saturated heterocycles. The van der Waals surface area contributed by atoms with Crippen LogP contribution in [0.15, 0.2) is 18.0 Å². The largest absolute Gasteiger partial charge is 0.366 e. The van der Waals surface area contributed by atoms with Crippen LogP contribution < -0.4 is 5.32 Å². The Morgan fingerprint density at radius 1 is 1.21 bits per heavy atom. The number of nitrogens with zero attached hydrogens (tertiary/aromatic N) is 2. The molecule has 0 bridgehead atoms. The minimum Gasteiger partial charge on any atom is -0.366 e. The number of hydrogen-bond acceptors (Lipinski definition) is 3. The van der Waals surface area contributed by atoms with Crippen molar-refractivity contribution in [3.05, 3.63) is 28.7 Å². The fourth-order valence-corrected chi connectivity index (χ4v) is 4.25. The molecule has 2 rings (SSSR count). The zero-order valence-corrected chi connectivity index (χ0v) is 16.8. The molecule has 1 aliphatic rings. The third kappa shape index (κ3) is 4.95. The van der Waals surface area contributed by atoms with E-state index in [0.29, 0.717) is 16.5 Å². The Hall–Kier alpha value is -1.09. The van der Waals surface area contributed by atoms with Crippen molar-refractivity contribution in [2.24, 2.45) is 10.8 Å². The van der Waals surface area contributed by atoms with Crippen LogP contribution in [0.4, 0.5) is 5.82 Å². The molecule has 0 radical (unpaired) electrons. The van der Waals surface area contributed by atoms with E-state index in [1.807, 2.05) is 0 Å². The van der Waals surface area contributed by atoms with Crippen LogP contribution in [-0.2, 0) is 6.42 Å². The van der Waals surface area contributed by atoms with Crippen LogP contribution in [-0.4, -0.2) is 16.0 Å². The van der Waals surface area contributed by atoms with Crippen molar-refractivity contribution in [2.75, 3.05) is 5.32 Å². The van der Waals surface area contributed by atoms with Gasteiger partial charge in [0.1, 0.15) is 17.2 Å². The Labute approximate surface area is 152 Å². The van der Waals surface area contributed by atoms with Gasteiger partial charge in [-0.25, -0.2) is 9.97 Å². The maximum absolute atomic E-state index is 6.40. The molecule has 1 unspecified atom stereocenters. The smallest absolute Gasteiger partial charge is 0.148 e. The highest BCUT2D eigenvalue weighted by atomic mass is 35.5. The van der Waals surface area contributed by atoms with E-state index in [-0.39, 0.29) is 5.41 Å². The third-order valence-electron chi connectivity index (χ3n) is 4.79. The summed E-state index contributed by atoms with van der Waals surface area (Å²) in [5.41, 5.74) is 3.13. The number of allylic oxidation sites excluding steroid dienone is 1. The van der Waals surface area contributed by atoms with Crippen molar-refractivity contribution in [1.29, 1.82) is 0 Å². The predicted molar refractivity (Wildman–Crippen MR) is 104 cm³/mol. The van der Waals surface area contributed by atoms with Crippen LogP contribution in [0.25, 0.3) is 0 Å². The molecule has 1 aliphatic carbocycles. The quantitative estimate of drug-likeness (QED) is 0.658. The Balaban J connectivity index is 2.03. The topological polar surface area (TPSA) is 37.8 Å². The number of aromatic nitrogens is 2. The first-order chi connectivity index (χ1) is 11.1. The minimum absolute atomic E-state index is 0.269. The van der Waals surface area contributed by atoms with Crippen LogP contribution in [0.2, 0.25) is 5.02 Å². The van der Waals surface area contributed by atoms with Crippen molar-refractivity contribution < 1.29 is 0 Å². The molecule has 24 heavy (non-hydrogen) atoms. The number of halogens is 1. The van der Waals surface area contributed by atoms with Crippen molar-refractivity contribution in [2.45, 2.75) is 79.7 Å². The van der Waals surface area contributed by atoms with E-state index in [9.17, 15) is 0 Å². The van der Waals surface area contributed by atoms with E-state index < -0.39 is 0 Å². The Morgan fingerprint density at radius 2 is 1.92 bits per heavy atom. The van der Waals surface area contributed by atoms with E-state index in [2.05, 4.69) is 62.9 Å². The molecule has 1 N–H and O–H groups in total. The number of hydrogen-bond donors (Lipinski definition) is 1. The van der Waals surface area contributed by atoms with E-state index >= 15 is 0 Å². The van der Waals surface area contributed by atoms with E-state index in [1.165, 1.54) is 6.42 Å². The Kier molecular flexibility index (Phi) is 5.95. The molecule has 1 aromatic heterocycles. The van der Waals surface area contributed by atoms with Gasteiger partial charge in [-0.1, -0.05) is 64.8 Å². The maximum atomic E-state index is 6.40. The summed E-state index contributed by atoms with van der Waals surface area (Å²) in [4.78, 5) is 8.56. The molecule has 0 aliphatic heterocycles. The summed E-state index contributed by atoms with van der Waals surface area (Å²) in [6.45, 7) is 13.8. The number of rotatable bonds is 5. The number of aryl methyl sites for hydroxylation is 1.